The fourth-order valence-electron chi connectivity index (χ4n) is 4.63. The van der Waals surface area contributed by atoms with Gasteiger partial charge in [-0.15, -0.1) is 0 Å². The predicted octanol–water partition coefficient (Wildman–Crippen LogP) is 4.80. The molecule has 5 rings (SSSR count). The summed E-state index contributed by atoms with van der Waals surface area (Å²) < 4.78 is 47.1. The van der Waals surface area contributed by atoms with Crippen molar-refractivity contribution in [3.63, 3.8) is 0 Å². The van der Waals surface area contributed by atoms with Gasteiger partial charge in [-0.1, -0.05) is 25.1 Å². The number of imidazole rings is 1. The lowest BCUT2D eigenvalue weighted by atomic mass is 10.0. The number of H-pyrrole nitrogens is 1. The summed E-state index contributed by atoms with van der Waals surface area (Å²) in [7, 11) is 0. The van der Waals surface area contributed by atoms with E-state index < -0.39 is 17.6 Å². The van der Waals surface area contributed by atoms with E-state index in [0.29, 0.717) is 11.4 Å². The molecule has 4 aromatic rings. The standard InChI is InChI=1S/C28H29F3N6O2/c1-2-36-9-11-37(12-10-36)16-20-3-6-22(14-24(20)28(29,30)31)35-26(38)17-39-23-7-4-19(5-8-23)21-13-25-27(32-15-21)34-18-33-25/h3-8,13-15,18H,2,9-12,16-17H2,1H3,(H,35,38)(H,32,33,34). The second kappa shape index (κ2) is 11.4. The van der Waals surface area contributed by atoms with E-state index >= 15 is 0 Å². The van der Waals surface area contributed by atoms with Crippen LogP contribution >= 0.6 is 0 Å². The first-order chi connectivity index (χ1) is 18.8. The summed E-state index contributed by atoms with van der Waals surface area (Å²) in [6.45, 7) is 6.01. The fraction of sp³-hybridized carbons (Fsp3) is 0.321. The number of hydrogen-bond donors (Lipinski definition) is 2. The van der Waals surface area contributed by atoms with E-state index in [1.54, 1.807) is 24.7 Å². The van der Waals surface area contributed by atoms with Gasteiger partial charge in [0.2, 0.25) is 0 Å². The van der Waals surface area contributed by atoms with E-state index in [-0.39, 0.29) is 24.4 Å². The molecular weight excluding hydrogens is 509 g/mol. The minimum absolute atomic E-state index is 0.0760. The Morgan fingerprint density at radius 2 is 1.74 bits per heavy atom. The molecule has 11 heteroatoms. The van der Waals surface area contributed by atoms with Gasteiger partial charge in [0.15, 0.2) is 12.3 Å². The smallest absolute Gasteiger partial charge is 0.416 e. The molecule has 0 unspecified atom stereocenters. The van der Waals surface area contributed by atoms with Crippen molar-refractivity contribution in [3.05, 3.63) is 72.2 Å². The Labute approximate surface area is 223 Å². The zero-order valence-corrected chi connectivity index (χ0v) is 21.5. The number of likely N-dealkylation sites (N-methyl/N-ethyl adjacent to an activating group) is 1. The number of carbonyl (C=O) groups excluding carboxylic acids is 1. The van der Waals surface area contributed by atoms with Crippen LogP contribution in [-0.2, 0) is 17.5 Å². The highest BCUT2D eigenvalue weighted by Gasteiger charge is 2.34. The lowest BCUT2D eigenvalue weighted by Gasteiger charge is -2.34. The molecule has 0 aliphatic carbocycles. The number of halogens is 3. The molecule has 1 aliphatic heterocycles. The molecule has 39 heavy (non-hydrogen) atoms. The van der Waals surface area contributed by atoms with E-state index in [1.807, 2.05) is 23.1 Å². The van der Waals surface area contributed by atoms with Crippen molar-refractivity contribution >= 4 is 22.8 Å². The molecule has 2 aromatic heterocycles. The maximum Gasteiger partial charge on any atom is 0.416 e. The normalized spacial score (nSPS) is 15.0. The molecular formula is C28H29F3N6O2. The second-order valence-electron chi connectivity index (χ2n) is 9.44. The Balaban J connectivity index is 1.18. The van der Waals surface area contributed by atoms with Crippen molar-refractivity contribution in [2.75, 3.05) is 44.6 Å². The largest absolute Gasteiger partial charge is 0.484 e. The highest BCUT2D eigenvalue weighted by atomic mass is 19.4. The van der Waals surface area contributed by atoms with Crippen LogP contribution in [-0.4, -0.2) is 70.0 Å². The first-order valence-electron chi connectivity index (χ1n) is 12.8. The molecule has 2 aromatic carbocycles. The number of alkyl halides is 3. The molecule has 2 N–H and O–H groups in total. The van der Waals surface area contributed by atoms with Gasteiger partial charge in [-0.05, 0) is 48.0 Å². The lowest BCUT2D eigenvalue weighted by molar-refractivity contribution is -0.138. The number of rotatable bonds is 8. The van der Waals surface area contributed by atoms with E-state index in [1.165, 1.54) is 12.1 Å². The molecule has 1 fully saturated rings. The number of amides is 1. The highest BCUT2D eigenvalue weighted by molar-refractivity contribution is 5.92. The van der Waals surface area contributed by atoms with Crippen LogP contribution in [0.3, 0.4) is 0 Å². The van der Waals surface area contributed by atoms with Gasteiger partial charge in [-0.3, -0.25) is 9.69 Å². The Morgan fingerprint density at radius 1 is 1.00 bits per heavy atom. The van der Waals surface area contributed by atoms with E-state index in [9.17, 15) is 18.0 Å². The maximum absolute atomic E-state index is 13.8. The lowest BCUT2D eigenvalue weighted by Crippen LogP contribution is -2.45. The van der Waals surface area contributed by atoms with Crippen molar-refractivity contribution in [1.82, 2.24) is 24.8 Å². The minimum atomic E-state index is -4.53. The summed E-state index contributed by atoms with van der Waals surface area (Å²) in [5.74, 6) is -0.0963. The summed E-state index contributed by atoms with van der Waals surface area (Å²) in [4.78, 5) is 28.2. The van der Waals surface area contributed by atoms with Gasteiger partial charge in [0.05, 0.1) is 11.9 Å². The number of carbonyl (C=O) groups is 1. The molecule has 0 saturated carbocycles. The fourth-order valence-corrected chi connectivity index (χ4v) is 4.63. The third-order valence-corrected chi connectivity index (χ3v) is 6.84. The van der Waals surface area contributed by atoms with Crippen LogP contribution in [0.15, 0.2) is 61.1 Å². The zero-order valence-electron chi connectivity index (χ0n) is 21.5. The van der Waals surface area contributed by atoms with Crippen molar-refractivity contribution in [3.8, 4) is 16.9 Å². The molecule has 1 amide bonds. The molecule has 0 atom stereocenters. The number of pyridine rings is 1. The number of anilines is 1. The number of benzene rings is 2. The Hall–Kier alpha value is -3.96. The number of nitrogens with one attached hydrogen (secondary N) is 2. The maximum atomic E-state index is 13.8. The van der Waals surface area contributed by atoms with Crippen molar-refractivity contribution in [2.24, 2.45) is 0 Å². The number of ether oxygens (including phenoxy) is 1. The van der Waals surface area contributed by atoms with Crippen LogP contribution in [0.1, 0.15) is 18.1 Å². The van der Waals surface area contributed by atoms with Crippen LogP contribution in [0.25, 0.3) is 22.3 Å². The second-order valence-corrected chi connectivity index (χ2v) is 9.44. The van der Waals surface area contributed by atoms with Gasteiger partial charge in [0.1, 0.15) is 11.3 Å². The van der Waals surface area contributed by atoms with E-state index in [2.05, 4.69) is 32.1 Å². The molecule has 0 radical (unpaired) electrons. The first kappa shape index (κ1) is 26.6. The topological polar surface area (TPSA) is 86.4 Å². The monoisotopic (exact) mass is 538 g/mol. The van der Waals surface area contributed by atoms with Gasteiger partial charge in [0, 0.05) is 50.2 Å². The number of hydrogen-bond acceptors (Lipinski definition) is 6. The summed E-state index contributed by atoms with van der Waals surface area (Å²) >= 11 is 0. The van der Waals surface area contributed by atoms with Crippen molar-refractivity contribution < 1.29 is 22.7 Å². The predicted molar refractivity (Wildman–Crippen MR) is 142 cm³/mol. The Kier molecular flexibility index (Phi) is 7.80. The molecule has 0 bridgehead atoms. The van der Waals surface area contributed by atoms with Crippen LogP contribution in [0.4, 0.5) is 18.9 Å². The van der Waals surface area contributed by atoms with Gasteiger partial charge >= 0.3 is 6.18 Å². The summed E-state index contributed by atoms with van der Waals surface area (Å²) in [6, 6.07) is 13.0. The average Bonchev–Trinajstić information content (AvgIpc) is 3.41. The van der Waals surface area contributed by atoms with Gasteiger partial charge in [-0.25, -0.2) is 9.97 Å². The summed E-state index contributed by atoms with van der Waals surface area (Å²) in [5, 5.41) is 2.52. The van der Waals surface area contributed by atoms with Crippen LogP contribution < -0.4 is 10.1 Å². The molecule has 3 heterocycles. The molecule has 1 aliphatic rings. The van der Waals surface area contributed by atoms with Crippen LogP contribution in [0.2, 0.25) is 0 Å². The molecule has 8 nitrogen and oxygen atoms in total. The van der Waals surface area contributed by atoms with Crippen LogP contribution in [0.5, 0.6) is 5.75 Å². The summed E-state index contributed by atoms with van der Waals surface area (Å²) in [6.07, 6.45) is -1.22. The Morgan fingerprint density at radius 3 is 2.46 bits per heavy atom. The third-order valence-electron chi connectivity index (χ3n) is 6.84. The zero-order chi connectivity index (χ0) is 27.4. The quantitative estimate of drug-likeness (QED) is 0.335. The van der Waals surface area contributed by atoms with Crippen molar-refractivity contribution in [1.29, 1.82) is 0 Å². The van der Waals surface area contributed by atoms with Crippen LogP contribution in [0, 0.1) is 0 Å². The number of piperazine rings is 1. The molecule has 1 saturated heterocycles. The third kappa shape index (κ3) is 6.55. The number of aromatic nitrogens is 3. The minimum Gasteiger partial charge on any atom is -0.484 e. The van der Waals surface area contributed by atoms with Gasteiger partial charge < -0.3 is 19.9 Å². The number of fused-ring (bicyclic) bond motifs is 1. The summed E-state index contributed by atoms with van der Waals surface area (Å²) in [5.41, 5.74) is 2.77. The van der Waals surface area contributed by atoms with E-state index in [0.717, 1.165) is 55.4 Å². The number of nitrogens with zero attached hydrogens (tertiary/aromatic N) is 4. The van der Waals surface area contributed by atoms with Gasteiger partial charge in [-0.2, -0.15) is 13.2 Å². The van der Waals surface area contributed by atoms with E-state index in [4.69, 9.17) is 4.74 Å². The average molecular weight is 539 g/mol. The van der Waals surface area contributed by atoms with Crippen molar-refractivity contribution in [2.45, 2.75) is 19.6 Å². The highest BCUT2D eigenvalue weighted by Crippen LogP contribution is 2.34. The molecule has 204 valence electrons. The van der Waals surface area contributed by atoms with Gasteiger partial charge in [0.25, 0.3) is 5.91 Å². The Bertz CT molecular complexity index is 1430. The molecule has 0 spiro atoms. The first-order valence-corrected chi connectivity index (χ1v) is 12.8. The number of aromatic amines is 1. The SMILES string of the molecule is CCN1CCN(Cc2ccc(NC(=O)COc3ccc(-c4cnc5[nH]cnc5c4)cc3)cc2C(F)(F)F)CC1.